The van der Waals surface area contributed by atoms with E-state index in [4.69, 9.17) is 9.47 Å². The molecule has 25 nitrogen and oxygen atoms in total. The Morgan fingerprint density at radius 1 is 0.515 bits per heavy atom. The van der Waals surface area contributed by atoms with Crippen molar-refractivity contribution in [3.63, 3.8) is 0 Å². The van der Waals surface area contributed by atoms with E-state index in [0.717, 1.165) is 43.8 Å². The molecule has 5 N–H and O–H groups in total. The van der Waals surface area contributed by atoms with E-state index in [1.54, 1.807) is 55.4 Å². The van der Waals surface area contributed by atoms with Crippen LogP contribution in [0.25, 0.3) is 0 Å². The summed E-state index contributed by atoms with van der Waals surface area (Å²) >= 11 is 0. The molecule has 0 radical (unpaired) electrons. The number of hydrogen-bond acceptors (Lipinski definition) is 16. The Hall–Kier alpha value is -5.63. The van der Waals surface area contributed by atoms with Gasteiger partial charge < -0.3 is 65.0 Å². The summed E-state index contributed by atoms with van der Waals surface area (Å²) in [6, 6.07) is -11.4. The van der Waals surface area contributed by atoms with Crippen molar-refractivity contribution in [2.75, 3.05) is 88.3 Å². The number of Topliss-reactive ketones (excluding diaryl/α,β-unsaturated/α-hetero) is 2. The van der Waals surface area contributed by atoms with Crippen molar-refractivity contribution >= 4 is 64.7 Å². The Bertz CT molecular complexity index is 2550. The van der Waals surface area contributed by atoms with Crippen LogP contribution in [0.1, 0.15) is 194 Å². The van der Waals surface area contributed by atoms with E-state index in [2.05, 4.69) is 20.9 Å². The molecular formula is C72H130N10O15. The SMILES string of the molecule is CC[C@@H]1NC(=O)[C@H]([C@H](O)[C@H](C)CCCCCCO)NC(=O)[C@H](C(C)C)N(C)C(=O)[C@H](CC(C)C)N(C)C(=O)[C@H](CC(C)C)N(C)C(=O)[C@@H](C)NC(=O)[C@H](C)CC(=O)[C@H](CC(C)C)N(C)C(=O)[C@H](C(C)C)CC(=O)[C@H]([C@@H](C)OCCCCN2CCOCC2)N(C)C(=O)[C@@H](C)N(C)C1=O. The zero-order chi connectivity index (χ0) is 74.0. The van der Waals surface area contributed by atoms with Crippen LogP contribution in [0.2, 0.25) is 0 Å². The number of ether oxygens (including phenoxy) is 2. The van der Waals surface area contributed by atoms with Crippen molar-refractivity contribution in [1.29, 1.82) is 0 Å². The maximum atomic E-state index is 15.2. The summed E-state index contributed by atoms with van der Waals surface area (Å²) in [6.07, 6.45) is 1.88. The summed E-state index contributed by atoms with van der Waals surface area (Å²) in [5.74, 6) is -11.0. The number of nitrogens with zero attached hydrogens (tertiary/aromatic N) is 7. The number of aliphatic hydroxyl groups is 2. The van der Waals surface area contributed by atoms with Crippen LogP contribution >= 0.6 is 0 Å². The van der Waals surface area contributed by atoms with Crippen LogP contribution in [0.3, 0.4) is 0 Å². The highest BCUT2D eigenvalue weighted by Crippen LogP contribution is 2.28. The number of unbranched alkanes of at least 4 members (excludes halogenated alkanes) is 4. The number of carbonyl (C=O) groups is 11. The normalized spacial score (nSPS) is 27.2. The Labute approximate surface area is 581 Å². The van der Waals surface area contributed by atoms with Crippen molar-refractivity contribution in [3.8, 4) is 0 Å². The monoisotopic (exact) mass is 1370 g/mol. The lowest BCUT2D eigenvalue weighted by Crippen LogP contribution is -2.63. The van der Waals surface area contributed by atoms with Crippen molar-refractivity contribution < 1.29 is 72.4 Å². The van der Waals surface area contributed by atoms with Gasteiger partial charge in [0.05, 0.1) is 31.5 Å². The summed E-state index contributed by atoms with van der Waals surface area (Å²) in [5.41, 5.74) is 0. The molecule has 2 fully saturated rings. The van der Waals surface area contributed by atoms with Gasteiger partial charge in [0.2, 0.25) is 53.2 Å². The van der Waals surface area contributed by atoms with Gasteiger partial charge in [0.1, 0.15) is 48.3 Å². The third kappa shape index (κ3) is 26.4. The second-order valence-corrected chi connectivity index (χ2v) is 29.9. The lowest BCUT2D eigenvalue weighted by atomic mass is 9.85. The van der Waals surface area contributed by atoms with E-state index >= 15 is 24.0 Å². The third-order valence-corrected chi connectivity index (χ3v) is 19.6. The van der Waals surface area contributed by atoms with Crippen molar-refractivity contribution in [1.82, 2.24) is 50.2 Å². The fourth-order valence-corrected chi connectivity index (χ4v) is 13.2. The van der Waals surface area contributed by atoms with E-state index in [1.165, 1.54) is 80.6 Å². The molecule has 0 aromatic rings. The van der Waals surface area contributed by atoms with Crippen LogP contribution in [0.4, 0.5) is 0 Å². The first kappa shape index (κ1) is 87.5. The van der Waals surface area contributed by atoms with Gasteiger partial charge in [0.15, 0.2) is 11.6 Å². The molecule has 0 aliphatic carbocycles. The van der Waals surface area contributed by atoms with Crippen LogP contribution in [0.15, 0.2) is 0 Å². The summed E-state index contributed by atoms with van der Waals surface area (Å²) in [5, 5.41) is 29.9. The zero-order valence-corrected chi connectivity index (χ0v) is 63.4. The Morgan fingerprint density at radius 3 is 1.56 bits per heavy atom. The van der Waals surface area contributed by atoms with E-state index in [-0.39, 0.29) is 69.5 Å². The van der Waals surface area contributed by atoms with E-state index in [1.807, 2.05) is 41.5 Å². The third-order valence-electron chi connectivity index (χ3n) is 19.6. The van der Waals surface area contributed by atoms with Gasteiger partial charge in [-0.05, 0) is 114 Å². The number of aliphatic hydroxyl groups excluding tert-OH is 2. The highest BCUT2D eigenvalue weighted by molar-refractivity contribution is 6.00. The van der Waals surface area contributed by atoms with Crippen molar-refractivity contribution in [2.45, 2.75) is 261 Å². The highest BCUT2D eigenvalue weighted by atomic mass is 16.5. The van der Waals surface area contributed by atoms with Crippen LogP contribution in [0, 0.1) is 47.3 Å². The average Bonchev–Trinajstić information content (AvgIpc) is 0.820. The summed E-state index contributed by atoms with van der Waals surface area (Å²) in [7, 11) is 8.70. The molecule has 2 heterocycles. The number of ketones is 2. The number of rotatable bonds is 24. The molecule has 97 heavy (non-hydrogen) atoms. The van der Waals surface area contributed by atoms with Gasteiger partial charge in [-0.15, -0.1) is 0 Å². The van der Waals surface area contributed by atoms with Crippen LogP contribution in [0.5, 0.6) is 0 Å². The molecule has 0 aromatic heterocycles. The Morgan fingerprint density at radius 2 is 1.03 bits per heavy atom. The topological polar surface area (TPSA) is 305 Å². The first-order valence-electron chi connectivity index (χ1n) is 36.1. The zero-order valence-electron chi connectivity index (χ0n) is 63.4. The first-order valence-corrected chi connectivity index (χ1v) is 36.1. The minimum absolute atomic E-state index is 0.00652. The second-order valence-electron chi connectivity index (χ2n) is 29.9. The number of nitrogens with one attached hydrogen (secondary N) is 3. The van der Waals surface area contributed by atoms with Crippen molar-refractivity contribution in [3.05, 3.63) is 0 Å². The first-order chi connectivity index (χ1) is 45.3. The minimum atomic E-state index is -1.69. The molecule has 0 saturated carbocycles. The summed E-state index contributed by atoms with van der Waals surface area (Å²) < 4.78 is 11.9. The molecular weight excluding hydrogens is 1240 g/mol. The van der Waals surface area contributed by atoms with Gasteiger partial charge >= 0.3 is 0 Å². The number of likely N-dealkylation sites (N-methyl/N-ethyl adjacent to an activating group) is 6. The Kier molecular flexibility index (Phi) is 38.3. The van der Waals surface area contributed by atoms with E-state index < -0.39 is 161 Å². The molecule has 2 saturated heterocycles. The standard InChI is InChI=1S/C72H130N10O15/c1-23-54-70(93)76(17)51(15)68(91)81(22)62(52(16)97-35-29-27-31-82-32-36-96-37-33-82)59(85)42-53(46(8)9)69(92)77(18)55(38-43(2)3)58(84)41-49(13)64(87)73-50(14)67(90)78(19)56(39-44(4)5)71(94)79(20)57(40-45(6)7)72(95)80(21)61(47(10)11)66(89)75-60(65(88)74-54)63(86)48(12)30-26-24-25-28-34-83/h43-57,60-63,83,86H,23-42H2,1-22H3,(H,73,87)(H,74,88)(H,75,89)/t48-,49-,50-,51-,52-,53+,54+,55+,56+,57+,60+,61+,62+,63-/m1/s1. The molecule has 558 valence electrons. The lowest BCUT2D eigenvalue weighted by Gasteiger charge is -2.40. The molecule has 2 rings (SSSR count). The van der Waals surface area contributed by atoms with Gasteiger partial charge in [0.25, 0.3) is 0 Å². The van der Waals surface area contributed by atoms with Crippen molar-refractivity contribution in [2.24, 2.45) is 47.3 Å². The minimum Gasteiger partial charge on any atom is -0.396 e. The van der Waals surface area contributed by atoms with Gasteiger partial charge in [-0.25, -0.2) is 0 Å². The number of amides is 9. The smallest absolute Gasteiger partial charge is 0.245 e. The maximum Gasteiger partial charge on any atom is 0.245 e. The molecule has 2 aliphatic heterocycles. The summed E-state index contributed by atoms with van der Waals surface area (Å²) in [4.78, 5) is 173. The molecule has 0 bridgehead atoms. The van der Waals surface area contributed by atoms with Crippen LogP contribution in [-0.4, -0.2) is 264 Å². The van der Waals surface area contributed by atoms with Gasteiger partial charge in [-0.2, -0.15) is 0 Å². The highest BCUT2D eigenvalue weighted by Gasteiger charge is 2.45. The fraction of sp³-hybridized carbons (Fsp3) is 0.847. The van der Waals surface area contributed by atoms with E-state index in [0.29, 0.717) is 38.9 Å². The molecule has 0 spiro atoms. The maximum absolute atomic E-state index is 15.2. The number of carbonyl (C=O) groups excluding carboxylic acids is 11. The molecule has 14 atom stereocenters. The van der Waals surface area contributed by atoms with Gasteiger partial charge in [-0.1, -0.05) is 109 Å². The molecule has 25 heteroatoms. The predicted octanol–water partition coefficient (Wildman–Crippen LogP) is 4.94. The van der Waals surface area contributed by atoms with Gasteiger partial charge in [0, 0.05) is 93.3 Å². The Balaban J connectivity index is 2.98. The quantitative estimate of drug-likeness (QED) is 0.0799. The van der Waals surface area contributed by atoms with Crippen LogP contribution in [-0.2, 0) is 62.2 Å². The average molecular weight is 1380 g/mol. The lowest BCUT2D eigenvalue weighted by molar-refractivity contribution is -0.154. The molecule has 0 aromatic carbocycles. The van der Waals surface area contributed by atoms with Gasteiger partial charge in [-0.3, -0.25) is 57.6 Å². The second kappa shape index (κ2) is 42.5. The fourth-order valence-electron chi connectivity index (χ4n) is 13.2. The van der Waals surface area contributed by atoms with E-state index in [9.17, 15) is 39.0 Å². The number of hydrogen-bond donors (Lipinski definition) is 5. The van der Waals surface area contributed by atoms with Crippen LogP contribution < -0.4 is 16.0 Å². The number of morpholine rings is 1. The predicted molar refractivity (Wildman–Crippen MR) is 374 cm³/mol. The molecule has 9 amide bonds. The largest absolute Gasteiger partial charge is 0.396 e. The molecule has 0 unspecified atom stereocenters. The molecule has 2 aliphatic rings. The summed E-state index contributed by atoms with van der Waals surface area (Å²) in [6.45, 7) is 31.9.